The van der Waals surface area contributed by atoms with Crippen molar-refractivity contribution >= 4 is 43.4 Å². The second-order valence-corrected chi connectivity index (χ2v) is 7.88. The zero-order valence-corrected chi connectivity index (χ0v) is 15.1. The molecule has 0 aliphatic carbocycles. The molecular formula is C14H21AsBNO7. The van der Waals surface area contributed by atoms with Crippen molar-refractivity contribution in [2.24, 2.45) is 0 Å². The van der Waals surface area contributed by atoms with Crippen LogP contribution < -0.4 is 15.1 Å². The Labute approximate surface area is 143 Å². The first-order chi connectivity index (χ1) is 10.2. The third-order valence-electron chi connectivity index (χ3n) is 2.55. The number of phenolic OH excluding ortho intramolecular Hbond substituents is 1. The van der Waals surface area contributed by atoms with E-state index < -0.39 is 24.3 Å². The Morgan fingerprint density at radius 2 is 1.62 bits per heavy atom. The first-order valence-corrected chi connectivity index (χ1v) is 9.77. The molecule has 0 saturated heterocycles. The minimum absolute atomic E-state index is 0. The summed E-state index contributed by atoms with van der Waals surface area (Å²) in [5.74, 6) is -0.850. The van der Waals surface area contributed by atoms with E-state index in [4.69, 9.17) is 8.19 Å². The van der Waals surface area contributed by atoms with E-state index in [0.29, 0.717) is 0 Å². The van der Waals surface area contributed by atoms with Crippen molar-refractivity contribution in [1.29, 1.82) is 0 Å². The maximum atomic E-state index is 10.9. The molecule has 0 radical (unpaired) electrons. The molecule has 2 aromatic rings. The second kappa shape index (κ2) is 10.7. The van der Waals surface area contributed by atoms with Gasteiger partial charge in [0.15, 0.2) is 0 Å². The number of hydrogen-bond acceptors (Lipinski definition) is 3. The van der Waals surface area contributed by atoms with E-state index in [-0.39, 0.29) is 22.5 Å². The van der Waals surface area contributed by atoms with Crippen LogP contribution >= 0.6 is 0 Å². The van der Waals surface area contributed by atoms with E-state index in [2.05, 4.69) is 25.3 Å². The molecule has 0 aromatic heterocycles. The standard InChI is InChI=1S/C8H10AsNO5.C6H7B.2H2O/c1-5(11)10-6-2-3-7(8(12)4-6)9(13,14)15;7-6-4-2-1-3-5-6;;/h2-4,12H,1H3,(H,10,11)(H2,13,14,15);1-5H,7H2;2*1H2. The molecule has 1 amide bonds. The van der Waals surface area contributed by atoms with E-state index >= 15 is 0 Å². The predicted molar refractivity (Wildman–Crippen MR) is 94.8 cm³/mol. The van der Waals surface area contributed by atoms with Gasteiger partial charge in [-0.3, -0.25) is 0 Å². The Balaban J connectivity index is 0. The van der Waals surface area contributed by atoms with Gasteiger partial charge in [0.05, 0.1) is 0 Å². The number of aromatic hydroxyl groups is 1. The summed E-state index contributed by atoms with van der Waals surface area (Å²) in [6, 6.07) is 13.8. The van der Waals surface area contributed by atoms with Gasteiger partial charge in [-0.1, -0.05) is 35.8 Å². The molecule has 0 saturated carbocycles. The second-order valence-electron chi connectivity index (χ2n) is 4.58. The van der Waals surface area contributed by atoms with Crippen molar-refractivity contribution in [3.63, 3.8) is 0 Å². The predicted octanol–water partition coefficient (Wildman–Crippen LogP) is -2.79. The number of hydrogen-bond donors (Lipinski definition) is 4. The van der Waals surface area contributed by atoms with Crippen molar-refractivity contribution in [3.8, 4) is 5.75 Å². The van der Waals surface area contributed by atoms with Gasteiger partial charge in [0.2, 0.25) is 0 Å². The molecule has 132 valence electrons. The summed E-state index contributed by atoms with van der Waals surface area (Å²) in [4.78, 5) is 10.7. The molecule has 0 heterocycles. The molecule has 2 aromatic carbocycles. The zero-order valence-electron chi connectivity index (χ0n) is 13.2. The maximum Gasteiger partial charge on any atom is -0.412 e. The van der Waals surface area contributed by atoms with Gasteiger partial charge in [0.25, 0.3) is 0 Å². The molecule has 10 heteroatoms. The van der Waals surface area contributed by atoms with Gasteiger partial charge in [-0.15, -0.1) is 0 Å². The Morgan fingerprint density at radius 3 is 1.96 bits per heavy atom. The van der Waals surface area contributed by atoms with E-state index in [1.165, 1.54) is 18.5 Å². The number of rotatable bonds is 2. The Bertz CT molecular complexity index is 691. The fourth-order valence-electron chi connectivity index (χ4n) is 1.59. The quantitative estimate of drug-likeness (QED) is 0.398. The molecule has 8 nitrogen and oxygen atoms in total. The first kappa shape index (κ1) is 24.2. The van der Waals surface area contributed by atoms with Crippen LogP contribution in [0.5, 0.6) is 5.75 Å². The third-order valence-corrected chi connectivity index (χ3v) is 4.66. The summed E-state index contributed by atoms with van der Waals surface area (Å²) in [5.41, 5.74) is 1.61. The fraction of sp³-hybridized carbons (Fsp3) is 0.0714. The van der Waals surface area contributed by atoms with Crippen LogP contribution in [0, 0.1) is 0 Å². The van der Waals surface area contributed by atoms with Gasteiger partial charge >= 0.3 is 88.1 Å². The van der Waals surface area contributed by atoms with Crippen LogP contribution in [-0.4, -0.2) is 52.2 Å². The summed E-state index contributed by atoms with van der Waals surface area (Å²) in [7, 11) is 2.08. The molecule has 0 atom stereocenters. The summed E-state index contributed by atoms with van der Waals surface area (Å²) in [6.45, 7) is 1.29. The van der Waals surface area contributed by atoms with E-state index in [1.54, 1.807) is 0 Å². The molecule has 0 spiro atoms. The Hall–Kier alpha value is -2.03. The van der Waals surface area contributed by atoms with E-state index in [9.17, 15) is 13.6 Å². The van der Waals surface area contributed by atoms with Crippen LogP contribution in [0.15, 0.2) is 48.5 Å². The summed E-state index contributed by atoms with van der Waals surface area (Å²) < 4.78 is 28.2. The molecule has 0 fully saturated rings. The number of amides is 1. The summed E-state index contributed by atoms with van der Waals surface area (Å²) in [5, 5.41) is 11.7. The van der Waals surface area contributed by atoms with Gasteiger partial charge in [-0.2, -0.15) is 0 Å². The normalized spacial score (nSPS) is 9.46. The number of benzene rings is 2. The molecule has 0 bridgehead atoms. The van der Waals surface area contributed by atoms with Crippen molar-refractivity contribution in [2.45, 2.75) is 6.92 Å². The molecule has 0 unspecified atom stereocenters. The van der Waals surface area contributed by atoms with Crippen LogP contribution in [0.3, 0.4) is 0 Å². The average Bonchev–Trinajstić information content (AvgIpc) is 2.38. The minimum atomic E-state index is -5.09. The minimum Gasteiger partial charge on any atom is -0.412 e. The number of nitrogens with one attached hydrogen (secondary N) is 1. The molecule has 2 rings (SSSR count). The smallest absolute Gasteiger partial charge is 0.412 e. The fourth-order valence-corrected chi connectivity index (χ4v) is 2.91. The third kappa shape index (κ3) is 8.57. The average molecular weight is 401 g/mol. The van der Waals surface area contributed by atoms with Gasteiger partial charge in [0.1, 0.15) is 7.85 Å². The molecular weight excluding hydrogens is 380 g/mol. The monoisotopic (exact) mass is 401 g/mol. The summed E-state index contributed by atoms with van der Waals surface area (Å²) in [6.07, 6.45) is 0. The van der Waals surface area contributed by atoms with E-state index in [1.807, 2.05) is 18.2 Å². The molecule has 24 heavy (non-hydrogen) atoms. The van der Waals surface area contributed by atoms with Crippen molar-refractivity contribution in [2.75, 3.05) is 5.32 Å². The maximum absolute atomic E-state index is 10.9. The topological polar surface area (TPSA) is 170 Å². The summed E-state index contributed by atoms with van der Waals surface area (Å²) >= 11 is -5.09. The van der Waals surface area contributed by atoms with Gasteiger partial charge in [-0.25, -0.2) is 0 Å². The van der Waals surface area contributed by atoms with Gasteiger partial charge < -0.3 is 11.0 Å². The Morgan fingerprint density at radius 1 is 1.08 bits per heavy atom. The molecule has 0 aliphatic rings. The van der Waals surface area contributed by atoms with Crippen LogP contribution in [0.4, 0.5) is 5.69 Å². The van der Waals surface area contributed by atoms with Crippen LogP contribution in [0.2, 0.25) is 0 Å². The number of carbonyl (C=O) groups excluding carboxylic acids is 1. The van der Waals surface area contributed by atoms with Gasteiger partial charge in [0, 0.05) is 0 Å². The van der Waals surface area contributed by atoms with E-state index in [0.717, 1.165) is 12.1 Å². The van der Waals surface area contributed by atoms with Crippen molar-refractivity contribution in [3.05, 3.63) is 48.5 Å². The zero-order chi connectivity index (χ0) is 16.8. The van der Waals surface area contributed by atoms with Crippen molar-refractivity contribution < 1.29 is 32.8 Å². The Kier molecular flexibility index (Phi) is 10.8. The number of carbonyl (C=O) groups is 1. The largest absolute Gasteiger partial charge is 0.412 e. The van der Waals surface area contributed by atoms with Gasteiger partial charge in [-0.05, 0) is 0 Å². The number of anilines is 1. The molecule has 0 aliphatic heterocycles. The molecule has 8 N–H and O–H groups in total. The number of phenols is 1. The van der Waals surface area contributed by atoms with Crippen molar-refractivity contribution in [1.82, 2.24) is 0 Å². The van der Waals surface area contributed by atoms with Crippen LogP contribution in [0.25, 0.3) is 0 Å². The first-order valence-electron chi connectivity index (χ1n) is 6.38. The van der Waals surface area contributed by atoms with Crippen LogP contribution in [-0.2, 0) is 8.53 Å². The SMILES string of the molecule is Bc1ccccc1.CC(=O)Nc1ccc([As](=O)(O)O)c(O)c1.O.O. The van der Waals surface area contributed by atoms with Crippen LogP contribution in [0.1, 0.15) is 6.92 Å².